The normalized spacial score (nSPS) is 11.2. The molecule has 1 aromatic rings. The predicted molar refractivity (Wildman–Crippen MR) is 69.3 cm³/mol. The number of rotatable bonds is 5. The van der Waals surface area contributed by atoms with Crippen LogP contribution in [-0.4, -0.2) is 35.8 Å². The van der Waals surface area contributed by atoms with Crippen LogP contribution < -0.4 is 5.32 Å². The molecular weight excluding hydrogens is 266 g/mol. The second kappa shape index (κ2) is 7.38. The van der Waals surface area contributed by atoms with E-state index in [1.807, 2.05) is 6.07 Å². The number of carbonyl (C=O) groups is 2. The number of nitrogens with zero attached hydrogens (tertiary/aromatic N) is 2. The molecule has 0 bridgehead atoms. The number of thioether (sulfide) groups is 1. The molecule has 0 radical (unpaired) electrons. The molecule has 0 spiro atoms. The van der Waals surface area contributed by atoms with Crippen molar-refractivity contribution < 1.29 is 14.3 Å². The molecule has 0 saturated heterocycles. The summed E-state index contributed by atoms with van der Waals surface area (Å²) in [7, 11) is 1.26. The molecule has 0 saturated carbocycles. The quantitative estimate of drug-likeness (QED) is 0.631. The molecule has 1 atom stereocenters. The molecule has 6 nitrogen and oxygen atoms in total. The number of hydrogen-bond acceptors (Lipinski definition) is 6. The Bertz CT molecular complexity index is 513. The first kappa shape index (κ1) is 15.0. The number of esters is 1. The van der Waals surface area contributed by atoms with Crippen LogP contribution in [0.5, 0.6) is 0 Å². The molecule has 0 fully saturated rings. The SMILES string of the molecule is COC(=O)C(CSc1cc(C#N)ccn1)NC(C)=O. The molecule has 0 aliphatic carbocycles. The third-order valence-corrected chi connectivity index (χ3v) is 3.14. The molecule has 0 aliphatic rings. The molecule has 1 rings (SSSR count). The van der Waals surface area contributed by atoms with Crippen molar-refractivity contribution in [2.24, 2.45) is 0 Å². The van der Waals surface area contributed by atoms with Gasteiger partial charge in [-0.15, -0.1) is 11.8 Å². The van der Waals surface area contributed by atoms with Gasteiger partial charge in [0.05, 0.1) is 23.8 Å². The predicted octanol–water partition coefficient (Wildman–Crippen LogP) is 0.723. The van der Waals surface area contributed by atoms with Crippen LogP contribution in [0.1, 0.15) is 12.5 Å². The number of nitriles is 1. The van der Waals surface area contributed by atoms with Crippen LogP contribution in [0.25, 0.3) is 0 Å². The van der Waals surface area contributed by atoms with E-state index in [1.165, 1.54) is 32.0 Å². The van der Waals surface area contributed by atoms with Crippen molar-refractivity contribution in [2.75, 3.05) is 12.9 Å². The molecule has 0 aromatic carbocycles. The third kappa shape index (κ3) is 4.97. The lowest BCUT2D eigenvalue weighted by atomic mass is 10.3. The fourth-order valence-corrected chi connectivity index (χ4v) is 2.19. The van der Waals surface area contributed by atoms with Gasteiger partial charge in [0.1, 0.15) is 6.04 Å². The molecule has 1 heterocycles. The van der Waals surface area contributed by atoms with Gasteiger partial charge in [0.2, 0.25) is 5.91 Å². The Morgan fingerprint density at radius 3 is 2.95 bits per heavy atom. The summed E-state index contributed by atoms with van der Waals surface area (Å²) >= 11 is 1.27. The van der Waals surface area contributed by atoms with Gasteiger partial charge in [-0.3, -0.25) is 4.79 Å². The van der Waals surface area contributed by atoms with Crippen molar-refractivity contribution in [2.45, 2.75) is 18.0 Å². The maximum Gasteiger partial charge on any atom is 0.329 e. The summed E-state index contributed by atoms with van der Waals surface area (Å²) in [5.41, 5.74) is 0.492. The number of nitrogens with one attached hydrogen (secondary N) is 1. The summed E-state index contributed by atoms with van der Waals surface area (Å²) in [4.78, 5) is 26.5. The van der Waals surface area contributed by atoms with E-state index in [9.17, 15) is 9.59 Å². The molecule has 0 aliphatic heterocycles. The minimum absolute atomic E-state index is 0.286. The number of aromatic nitrogens is 1. The van der Waals surface area contributed by atoms with E-state index in [0.29, 0.717) is 10.6 Å². The standard InChI is InChI=1S/C12H13N3O3S/c1-8(16)15-10(12(17)18-2)7-19-11-5-9(6-13)3-4-14-11/h3-5,10H,7H2,1-2H3,(H,15,16). The molecule has 1 aromatic heterocycles. The summed E-state index contributed by atoms with van der Waals surface area (Å²) in [5, 5.41) is 11.9. The Morgan fingerprint density at radius 2 is 2.37 bits per heavy atom. The van der Waals surface area contributed by atoms with Gasteiger partial charge in [-0.05, 0) is 12.1 Å². The highest BCUT2D eigenvalue weighted by atomic mass is 32.2. The first-order chi connectivity index (χ1) is 9.06. The van der Waals surface area contributed by atoms with E-state index in [1.54, 1.807) is 12.1 Å². The van der Waals surface area contributed by atoms with E-state index in [-0.39, 0.29) is 11.7 Å². The summed E-state index contributed by atoms with van der Waals surface area (Å²) in [6, 6.07) is 4.48. The van der Waals surface area contributed by atoms with E-state index in [2.05, 4.69) is 15.0 Å². The minimum atomic E-state index is -0.736. The zero-order valence-electron chi connectivity index (χ0n) is 10.5. The van der Waals surface area contributed by atoms with Crippen LogP contribution in [0.2, 0.25) is 0 Å². The summed E-state index contributed by atoms with van der Waals surface area (Å²) in [5.74, 6) is -0.539. The topological polar surface area (TPSA) is 92.1 Å². The molecular formula is C12H13N3O3S. The van der Waals surface area contributed by atoms with Crippen LogP contribution in [0.15, 0.2) is 23.4 Å². The summed E-state index contributed by atoms with van der Waals surface area (Å²) in [6.45, 7) is 1.33. The van der Waals surface area contributed by atoms with Crippen molar-refractivity contribution in [1.82, 2.24) is 10.3 Å². The molecule has 19 heavy (non-hydrogen) atoms. The first-order valence-corrected chi connectivity index (χ1v) is 6.39. The first-order valence-electron chi connectivity index (χ1n) is 5.40. The number of ether oxygens (including phenoxy) is 1. The molecule has 1 unspecified atom stereocenters. The van der Waals surface area contributed by atoms with Crippen molar-refractivity contribution in [3.8, 4) is 6.07 Å². The fourth-order valence-electron chi connectivity index (χ4n) is 1.28. The van der Waals surface area contributed by atoms with Crippen molar-refractivity contribution in [3.05, 3.63) is 23.9 Å². The smallest absolute Gasteiger partial charge is 0.329 e. The van der Waals surface area contributed by atoms with E-state index in [4.69, 9.17) is 5.26 Å². The zero-order valence-corrected chi connectivity index (χ0v) is 11.4. The second-order valence-corrected chi connectivity index (χ2v) is 4.62. The minimum Gasteiger partial charge on any atom is -0.467 e. The lowest BCUT2D eigenvalue weighted by molar-refractivity contribution is -0.144. The van der Waals surface area contributed by atoms with Crippen LogP contribution >= 0.6 is 11.8 Å². The van der Waals surface area contributed by atoms with Crippen LogP contribution in [0.3, 0.4) is 0 Å². The van der Waals surface area contributed by atoms with Crippen LogP contribution in [-0.2, 0) is 14.3 Å². The lowest BCUT2D eigenvalue weighted by Gasteiger charge is -2.14. The van der Waals surface area contributed by atoms with Gasteiger partial charge in [0, 0.05) is 18.9 Å². The number of hydrogen-bond donors (Lipinski definition) is 1. The summed E-state index contributed by atoms with van der Waals surface area (Å²) < 4.78 is 4.61. The molecule has 100 valence electrons. The van der Waals surface area contributed by atoms with E-state index >= 15 is 0 Å². The monoisotopic (exact) mass is 279 g/mol. The van der Waals surface area contributed by atoms with Crippen LogP contribution in [0, 0.1) is 11.3 Å². The molecule has 1 N–H and O–H groups in total. The fraction of sp³-hybridized carbons (Fsp3) is 0.333. The highest BCUT2D eigenvalue weighted by Gasteiger charge is 2.20. The maximum atomic E-state index is 11.5. The lowest BCUT2D eigenvalue weighted by Crippen LogP contribution is -2.42. The number of carbonyl (C=O) groups excluding carboxylic acids is 2. The van der Waals surface area contributed by atoms with E-state index < -0.39 is 12.0 Å². The highest BCUT2D eigenvalue weighted by molar-refractivity contribution is 7.99. The van der Waals surface area contributed by atoms with E-state index in [0.717, 1.165) is 0 Å². The molecule has 1 amide bonds. The third-order valence-electron chi connectivity index (χ3n) is 2.13. The Balaban J connectivity index is 2.67. The maximum absolute atomic E-state index is 11.5. The van der Waals surface area contributed by atoms with Gasteiger partial charge in [0.25, 0.3) is 0 Å². The van der Waals surface area contributed by atoms with Gasteiger partial charge < -0.3 is 10.1 Å². The zero-order chi connectivity index (χ0) is 14.3. The number of pyridine rings is 1. The van der Waals surface area contributed by atoms with Gasteiger partial charge in [0.15, 0.2) is 0 Å². The second-order valence-electron chi connectivity index (χ2n) is 3.58. The van der Waals surface area contributed by atoms with Crippen molar-refractivity contribution in [1.29, 1.82) is 5.26 Å². The van der Waals surface area contributed by atoms with Gasteiger partial charge in [-0.1, -0.05) is 0 Å². The largest absolute Gasteiger partial charge is 0.467 e. The summed E-state index contributed by atoms with van der Waals surface area (Å²) in [6.07, 6.45) is 1.52. The highest BCUT2D eigenvalue weighted by Crippen LogP contribution is 2.17. The Kier molecular flexibility index (Phi) is 5.82. The Morgan fingerprint density at radius 1 is 1.63 bits per heavy atom. The Labute approximate surface area is 115 Å². The van der Waals surface area contributed by atoms with Gasteiger partial charge >= 0.3 is 5.97 Å². The van der Waals surface area contributed by atoms with Crippen LogP contribution in [0.4, 0.5) is 0 Å². The number of methoxy groups -OCH3 is 1. The van der Waals surface area contributed by atoms with Gasteiger partial charge in [-0.2, -0.15) is 5.26 Å². The van der Waals surface area contributed by atoms with Crippen molar-refractivity contribution in [3.63, 3.8) is 0 Å². The molecule has 7 heteroatoms. The Hall–Kier alpha value is -2.07. The average molecular weight is 279 g/mol. The van der Waals surface area contributed by atoms with Crippen molar-refractivity contribution >= 4 is 23.6 Å². The number of amides is 1. The van der Waals surface area contributed by atoms with Gasteiger partial charge in [-0.25, -0.2) is 9.78 Å². The average Bonchev–Trinajstić information content (AvgIpc) is 2.42.